The molecule has 6 heteroatoms. The van der Waals surface area contributed by atoms with Crippen LogP contribution in [-0.2, 0) is 4.79 Å². The Balaban J connectivity index is 3.15. The van der Waals surface area contributed by atoms with Gasteiger partial charge in [0.2, 0.25) is 5.91 Å². The number of hydrogen-bond acceptors (Lipinski definition) is 3. The van der Waals surface area contributed by atoms with Crippen molar-refractivity contribution < 1.29 is 19.1 Å². The fourth-order valence-electron chi connectivity index (χ4n) is 1.10. The summed E-state index contributed by atoms with van der Waals surface area (Å²) < 4.78 is 13.3. The number of carboxylic acids is 1. The number of carboxylic acid groups (broad SMARTS) is 1. The minimum Gasteiger partial charge on any atom is -0.478 e. The average Bonchev–Trinajstić information content (AvgIpc) is 2.20. The van der Waals surface area contributed by atoms with Crippen molar-refractivity contribution in [1.82, 2.24) is 0 Å². The van der Waals surface area contributed by atoms with Gasteiger partial charge in [0, 0.05) is 5.69 Å². The predicted octanol–water partition coefficient (Wildman–Crippen LogP) is 0.333. The molecule has 0 saturated carbocycles. The molecule has 0 radical (unpaired) electrons. The van der Waals surface area contributed by atoms with Gasteiger partial charge in [-0.05, 0) is 12.1 Å². The summed E-state index contributed by atoms with van der Waals surface area (Å²) in [4.78, 5) is 21.2. The van der Waals surface area contributed by atoms with E-state index in [0.717, 1.165) is 12.1 Å². The Kier molecular flexibility index (Phi) is 3.67. The maximum absolute atomic E-state index is 13.3. The molecule has 0 aliphatic rings. The summed E-state index contributed by atoms with van der Waals surface area (Å²) in [6, 6.07) is 1.89. The monoisotopic (exact) mass is 236 g/mol. The van der Waals surface area contributed by atoms with Crippen LogP contribution >= 0.6 is 0 Å². The number of rotatable bonds is 2. The van der Waals surface area contributed by atoms with E-state index in [4.69, 9.17) is 16.6 Å². The summed E-state index contributed by atoms with van der Waals surface area (Å²) in [7, 11) is 0. The Morgan fingerprint density at radius 3 is 2.59 bits per heavy atom. The second-order valence-corrected chi connectivity index (χ2v) is 3.17. The highest BCUT2D eigenvalue weighted by atomic mass is 19.1. The normalized spacial score (nSPS) is 9.24. The second-order valence-electron chi connectivity index (χ2n) is 3.17. The summed E-state index contributed by atoms with van der Waals surface area (Å²) in [5.74, 6) is 1.98. The first-order chi connectivity index (χ1) is 7.91. The molecule has 88 valence electrons. The Bertz CT molecular complexity index is 544. The zero-order valence-electron chi connectivity index (χ0n) is 8.66. The summed E-state index contributed by atoms with van der Waals surface area (Å²) in [5, 5.41) is 8.77. The van der Waals surface area contributed by atoms with E-state index in [1.807, 2.05) is 0 Å². The molecule has 1 rings (SSSR count). The van der Waals surface area contributed by atoms with Crippen molar-refractivity contribution in [2.75, 3.05) is 5.73 Å². The maximum Gasteiger partial charge on any atom is 0.337 e. The molecule has 0 aliphatic carbocycles. The third-order valence-electron chi connectivity index (χ3n) is 1.86. The molecule has 1 amide bonds. The van der Waals surface area contributed by atoms with E-state index in [1.54, 1.807) is 0 Å². The van der Waals surface area contributed by atoms with Crippen molar-refractivity contribution in [2.24, 2.45) is 5.73 Å². The van der Waals surface area contributed by atoms with Crippen LogP contribution in [0.15, 0.2) is 12.1 Å². The smallest absolute Gasteiger partial charge is 0.337 e. The number of benzene rings is 1. The van der Waals surface area contributed by atoms with Gasteiger partial charge in [0.1, 0.15) is 5.82 Å². The van der Waals surface area contributed by atoms with Gasteiger partial charge in [-0.15, -0.1) is 0 Å². The average molecular weight is 236 g/mol. The first-order valence-corrected chi connectivity index (χ1v) is 4.51. The zero-order valence-corrected chi connectivity index (χ0v) is 8.66. The third kappa shape index (κ3) is 3.21. The van der Waals surface area contributed by atoms with Gasteiger partial charge < -0.3 is 16.6 Å². The van der Waals surface area contributed by atoms with Crippen molar-refractivity contribution in [3.05, 3.63) is 29.1 Å². The van der Waals surface area contributed by atoms with E-state index in [-0.39, 0.29) is 23.2 Å². The standard InChI is InChI=1S/C11H9FN2O3/c12-8-5-9(13)7(11(16)17)4-6(8)2-1-3-10(14)15/h4-5H,3,13H2,(H2,14,15)(H,16,17). The SMILES string of the molecule is NC(=O)CC#Cc1cc(C(=O)O)c(N)cc1F. The van der Waals surface area contributed by atoms with Crippen LogP contribution in [0.2, 0.25) is 0 Å². The fourth-order valence-corrected chi connectivity index (χ4v) is 1.10. The lowest BCUT2D eigenvalue weighted by Gasteiger charge is -2.02. The number of halogens is 1. The number of hydrogen-bond donors (Lipinski definition) is 3. The molecule has 0 saturated heterocycles. The largest absolute Gasteiger partial charge is 0.478 e. The van der Waals surface area contributed by atoms with Gasteiger partial charge in [0.25, 0.3) is 0 Å². The van der Waals surface area contributed by atoms with Crippen molar-refractivity contribution in [1.29, 1.82) is 0 Å². The van der Waals surface area contributed by atoms with Crippen LogP contribution in [0.4, 0.5) is 10.1 Å². The summed E-state index contributed by atoms with van der Waals surface area (Å²) in [6.07, 6.45) is -0.230. The van der Waals surface area contributed by atoms with E-state index in [0.29, 0.717) is 0 Å². The van der Waals surface area contributed by atoms with Crippen LogP contribution in [0.1, 0.15) is 22.3 Å². The van der Waals surface area contributed by atoms with Crippen molar-refractivity contribution in [2.45, 2.75) is 6.42 Å². The highest BCUT2D eigenvalue weighted by Crippen LogP contribution is 2.17. The Labute approximate surface area is 96.2 Å². The van der Waals surface area contributed by atoms with Crippen LogP contribution in [0, 0.1) is 17.7 Å². The zero-order chi connectivity index (χ0) is 13.0. The molecule has 5 N–H and O–H groups in total. The van der Waals surface area contributed by atoms with Gasteiger partial charge in [0.15, 0.2) is 0 Å². The number of primary amides is 1. The van der Waals surface area contributed by atoms with Crippen LogP contribution in [0.5, 0.6) is 0 Å². The van der Waals surface area contributed by atoms with Crippen molar-refractivity contribution >= 4 is 17.6 Å². The first kappa shape index (κ1) is 12.5. The van der Waals surface area contributed by atoms with E-state index in [2.05, 4.69) is 11.8 Å². The van der Waals surface area contributed by atoms with Crippen molar-refractivity contribution in [3.8, 4) is 11.8 Å². The van der Waals surface area contributed by atoms with E-state index in [9.17, 15) is 14.0 Å². The van der Waals surface area contributed by atoms with Crippen LogP contribution < -0.4 is 11.5 Å². The quantitative estimate of drug-likeness (QED) is 0.508. The highest BCUT2D eigenvalue weighted by molar-refractivity contribution is 5.94. The molecule has 0 unspecified atom stereocenters. The van der Waals surface area contributed by atoms with Crippen LogP contribution in [-0.4, -0.2) is 17.0 Å². The third-order valence-corrected chi connectivity index (χ3v) is 1.86. The number of nitrogen functional groups attached to an aromatic ring is 1. The van der Waals surface area contributed by atoms with Gasteiger partial charge >= 0.3 is 5.97 Å². The molecule has 0 atom stereocenters. The Morgan fingerprint density at radius 1 is 1.41 bits per heavy atom. The van der Waals surface area contributed by atoms with Gasteiger partial charge in [-0.3, -0.25) is 4.79 Å². The van der Waals surface area contributed by atoms with Crippen LogP contribution in [0.25, 0.3) is 0 Å². The van der Waals surface area contributed by atoms with Crippen molar-refractivity contribution in [3.63, 3.8) is 0 Å². The second kappa shape index (κ2) is 4.99. The number of nitrogens with two attached hydrogens (primary N) is 2. The highest BCUT2D eigenvalue weighted by Gasteiger charge is 2.11. The lowest BCUT2D eigenvalue weighted by molar-refractivity contribution is -0.117. The number of carbonyl (C=O) groups is 2. The maximum atomic E-state index is 13.3. The molecule has 0 aliphatic heterocycles. The summed E-state index contributed by atoms with van der Waals surface area (Å²) in [5.41, 5.74) is 9.61. The fraction of sp³-hybridized carbons (Fsp3) is 0.0909. The molecule has 0 fully saturated rings. The first-order valence-electron chi connectivity index (χ1n) is 4.51. The van der Waals surface area contributed by atoms with E-state index < -0.39 is 17.7 Å². The van der Waals surface area contributed by atoms with Crippen LogP contribution in [0.3, 0.4) is 0 Å². The van der Waals surface area contributed by atoms with Gasteiger partial charge in [-0.2, -0.15) is 0 Å². The topological polar surface area (TPSA) is 106 Å². The molecule has 0 aromatic heterocycles. The number of anilines is 1. The minimum absolute atomic E-state index is 0.141. The Hall–Kier alpha value is -2.55. The molecule has 5 nitrogen and oxygen atoms in total. The number of carbonyl (C=O) groups excluding carboxylic acids is 1. The molecule has 1 aromatic carbocycles. The minimum atomic E-state index is -1.28. The summed E-state index contributed by atoms with van der Waals surface area (Å²) in [6.45, 7) is 0. The molecule has 0 bridgehead atoms. The lowest BCUT2D eigenvalue weighted by Crippen LogP contribution is -2.08. The Morgan fingerprint density at radius 2 is 2.06 bits per heavy atom. The molecule has 0 spiro atoms. The lowest BCUT2D eigenvalue weighted by atomic mass is 10.1. The number of amides is 1. The van der Waals surface area contributed by atoms with E-state index in [1.165, 1.54) is 0 Å². The molecule has 17 heavy (non-hydrogen) atoms. The summed E-state index contributed by atoms with van der Waals surface area (Å²) >= 11 is 0. The molecule has 1 aromatic rings. The molecular formula is C11H9FN2O3. The molecule has 0 heterocycles. The van der Waals surface area contributed by atoms with Gasteiger partial charge in [0.05, 0.1) is 17.5 Å². The molecular weight excluding hydrogens is 227 g/mol. The predicted molar refractivity (Wildman–Crippen MR) is 58.5 cm³/mol. The van der Waals surface area contributed by atoms with Gasteiger partial charge in [-0.1, -0.05) is 11.8 Å². The van der Waals surface area contributed by atoms with Gasteiger partial charge in [-0.25, -0.2) is 9.18 Å². The number of aromatic carboxylic acids is 1. The van der Waals surface area contributed by atoms with E-state index >= 15 is 0 Å².